The molecule has 0 aromatic heterocycles. The van der Waals surface area contributed by atoms with Crippen molar-refractivity contribution in [3.8, 4) is 5.75 Å². The van der Waals surface area contributed by atoms with Crippen molar-refractivity contribution in [3.63, 3.8) is 0 Å². The van der Waals surface area contributed by atoms with E-state index in [1.165, 1.54) is 11.1 Å². The van der Waals surface area contributed by atoms with Gasteiger partial charge in [-0.3, -0.25) is 0 Å². The third-order valence-electron chi connectivity index (χ3n) is 3.00. The van der Waals surface area contributed by atoms with Crippen molar-refractivity contribution in [2.75, 3.05) is 19.7 Å². The zero-order valence-electron chi connectivity index (χ0n) is 10.8. The topological polar surface area (TPSA) is 30.5 Å². The van der Waals surface area contributed by atoms with Crippen LogP contribution in [0.15, 0.2) is 18.2 Å². The number of benzene rings is 1. The van der Waals surface area contributed by atoms with Crippen LogP contribution in [0.3, 0.4) is 0 Å². The SMILES string of the molecule is Cc1ccc(C)c(OCC2CNCC(C)O2)c1. The van der Waals surface area contributed by atoms with E-state index in [2.05, 4.69) is 44.3 Å². The summed E-state index contributed by atoms with van der Waals surface area (Å²) in [6.07, 6.45) is 0.426. The molecule has 0 amide bonds. The largest absolute Gasteiger partial charge is 0.491 e. The average molecular weight is 235 g/mol. The lowest BCUT2D eigenvalue weighted by atomic mass is 10.1. The highest BCUT2D eigenvalue weighted by Crippen LogP contribution is 2.19. The van der Waals surface area contributed by atoms with E-state index in [4.69, 9.17) is 9.47 Å². The molecule has 0 bridgehead atoms. The molecule has 0 aliphatic carbocycles. The minimum absolute atomic E-state index is 0.152. The molecule has 1 saturated heterocycles. The Morgan fingerprint density at radius 1 is 1.35 bits per heavy atom. The summed E-state index contributed by atoms with van der Waals surface area (Å²) in [5.74, 6) is 0.965. The smallest absolute Gasteiger partial charge is 0.122 e. The Hall–Kier alpha value is -1.06. The van der Waals surface area contributed by atoms with Crippen LogP contribution in [0.1, 0.15) is 18.1 Å². The van der Waals surface area contributed by atoms with Crippen LogP contribution < -0.4 is 10.1 Å². The third kappa shape index (κ3) is 3.45. The van der Waals surface area contributed by atoms with Gasteiger partial charge in [0.15, 0.2) is 0 Å². The Labute approximate surface area is 103 Å². The van der Waals surface area contributed by atoms with Gasteiger partial charge in [0, 0.05) is 13.1 Å². The molecule has 1 aliphatic rings. The first-order chi connectivity index (χ1) is 8.15. The Morgan fingerprint density at radius 3 is 2.94 bits per heavy atom. The van der Waals surface area contributed by atoms with Gasteiger partial charge in [0.2, 0.25) is 0 Å². The number of morpholine rings is 1. The van der Waals surface area contributed by atoms with Crippen molar-refractivity contribution in [3.05, 3.63) is 29.3 Å². The Morgan fingerprint density at radius 2 is 2.18 bits per heavy atom. The normalized spacial score (nSPS) is 24.6. The number of nitrogens with one attached hydrogen (secondary N) is 1. The summed E-state index contributed by atoms with van der Waals surface area (Å²) in [5.41, 5.74) is 2.40. The van der Waals surface area contributed by atoms with Crippen molar-refractivity contribution < 1.29 is 9.47 Å². The second kappa shape index (κ2) is 5.52. The number of rotatable bonds is 3. The number of aryl methyl sites for hydroxylation is 2. The van der Waals surface area contributed by atoms with Gasteiger partial charge in [-0.2, -0.15) is 0 Å². The number of ether oxygens (including phenoxy) is 2. The van der Waals surface area contributed by atoms with Crippen LogP contribution in [0.5, 0.6) is 5.75 Å². The molecule has 1 fully saturated rings. The van der Waals surface area contributed by atoms with Gasteiger partial charge in [-0.15, -0.1) is 0 Å². The lowest BCUT2D eigenvalue weighted by Gasteiger charge is -2.28. The number of hydrogen-bond acceptors (Lipinski definition) is 3. The molecule has 2 atom stereocenters. The molecule has 94 valence electrons. The zero-order valence-corrected chi connectivity index (χ0v) is 10.8. The van der Waals surface area contributed by atoms with E-state index in [0.29, 0.717) is 6.61 Å². The highest BCUT2D eigenvalue weighted by Gasteiger charge is 2.19. The minimum Gasteiger partial charge on any atom is -0.491 e. The molecular formula is C14H21NO2. The number of hydrogen-bond donors (Lipinski definition) is 1. The molecule has 2 rings (SSSR count). The first kappa shape index (κ1) is 12.4. The lowest BCUT2D eigenvalue weighted by molar-refractivity contribution is -0.0471. The van der Waals surface area contributed by atoms with Crippen LogP contribution >= 0.6 is 0 Å². The van der Waals surface area contributed by atoms with Crippen molar-refractivity contribution in [2.45, 2.75) is 33.0 Å². The molecule has 1 N–H and O–H groups in total. The second-order valence-corrected chi connectivity index (χ2v) is 4.81. The van der Waals surface area contributed by atoms with Crippen LogP contribution in [0.25, 0.3) is 0 Å². The summed E-state index contributed by atoms with van der Waals surface area (Å²) in [5, 5.41) is 3.34. The van der Waals surface area contributed by atoms with Crippen LogP contribution in [0.2, 0.25) is 0 Å². The predicted octanol–water partition coefficient (Wildman–Crippen LogP) is 2.06. The molecule has 1 aromatic carbocycles. The molecule has 2 unspecified atom stereocenters. The van der Waals surface area contributed by atoms with Crippen molar-refractivity contribution >= 4 is 0 Å². The minimum atomic E-state index is 0.152. The fraction of sp³-hybridized carbons (Fsp3) is 0.571. The molecule has 1 heterocycles. The molecule has 3 heteroatoms. The highest BCUT2D eigenvalue weighted by atomic mass is 16.5. The quantitative estimate of drug-likeness (QED) is 0.870. The average Bonchev–Trinajstić information content (AvgIpc) is 2.30. The van der Waals surface area contributed by atoms with E-state index in [1.807, 2.05) is 0 Å². The highest BCUT2D eigenvalue weighted by molar-refractivity contribution is 5.35. The standard InChI is InChI=1S/C14H21NO2/c1-10-4-5-11(2)14(6-10)16-9-13-8-15-7-12(3)17-13/h4-6,12-13,15H,7-9H2,1-3H3. The summed E-state index contributed by atoms with van der Waals surface area (Å²) in [4.78, 5) is 0. The van der Waals surface area contributed by atoms with E-state index in [-0.39, 0.29) is 12.2 Å². The van der Waals surface area contributed by atoms with Gasteiger partial charge in [-0.1, -0.05) is 12.1 Å². The van der Waals surface area contributed by atoms with Crippen LogP contribution in [-0.4, -0.2) is 31.9 Å². The zero-order chi connectivity index (χ0) is 12.3. The van der Waals surface area contributed by atoms with Gasteiger partial charge in [0.1, 0.15) is 18.5 Å². The second-order valence-electron chi connectivity index (χ2n) is 4.81. The van der Waals surface area contributed by atoms with E-state index < -0.39 is 0 Å². The van der Waals surface area contributed by atoms with Gasteiger partial charge in [-0.25, -0.2) is 0 Å². The monoisotopic (exact) mass is 235 g/mol. The molecular weight excluding hydrogens is 214 g/mol. The summed E-state index contributed by atoms with van der Waals surface area (Å²) in [6, 6.07) is 6.27. The van der Waals surface area contributed by atoms with Crippen molar-refractivity contribution in [1.29, 1.82) is 0 Å². The Kier molecular flexibility index (Phi) is 4.02. The van der Waals surface area contributed by atoms with E-state index in [1.54, 1.807) is 0 Å². The van der Waals surface area contributed by atoms with Crippen LogP contribution in [0.4, 0.5) is 0 Å². The van der Waals surface area contributed by atoms with Gasteiger partial charge in [0.05, 0.1) is 6.10 Å². The molecule has 0 saturated carbocycles. The molecule has 0 spiro atoms. The third-order valence-corrected chi connectivity index (χ3v) is 3.00. The fourth-order valence-corrected chi connectivity index (χ4v) is 2.02. The van der Waals surface area contributed by atoms with Gasteiger partial charge >= 0.3 is 0 Å². The maximum absolute atomic E-state index is 5.84. The lowest BCUT2D eigenvalue weighted by Crippen LogP contribution is -2.45. The van der Waals surface area contributed by atoms with Crippen molar-refractivity contribution in [1.82, 2.24) is 5.32 Å². The fourth-order valence-electron chi connectivity index (χ4n) is 2.02. The summed E-state index contributed by atoms with van der Waals surface area (Å²) >= 11 is 0. The molecule has 1 aromatic rings. The summed E-state index contributed by atoms with van der Waals surface area (Å²) in [7, 11) is 0. The molecule has 17 heavy (non-hydrogen) atoms. The van der Waals surface area contributed by atoms with Crippen LogP contribution in [0, 0.1) is 13.8 Å². The Bertz CT molecular complexity index is 378. The van der Waals surface area contributed by atoms with Crippen molar-refractivity contribution in [2.24, 2.45) is 0 Å². The van der Waals surface area contributed by atoms with E-state index >= 15 is 0 Å². The predicted molar refractivity (Wildman–Crippen MR) is 68.6 cm³/mol. The maximum atomic E-state index is 5.84. The first-order valence-electron chi connectivity index (χ1n) is 6.21. The Balaban J connectivity index is 1.90. The van der Waals surface area contributed by atoms with Gasteiger partial charge < -0.3 is 14.8 Å². The summed E-state index contributed by atoms with van der Waals surface area (Å²) in [6.45, 7) is 8.64. The van der Waals surface area contributed by atoms with Crippen LogP contribution in [-0.2, 0) is 4.74 Å². The van der Waals surface area contributed by atoms with Gasteiger partial charge in [-0.05, 0) is 38.0 Å². The first-order valence-corrected chi connectivity index (χ1v) is 6.21. The van der Waals surface area contributed by atoms with E-state index in [0.717, 1.165) is 18.8 Å². The maximum Gasteiger partial charge on any atom is 0.122 e. The molecule has 3 nitrogen and oxygen atoms in total. The van der Waals surface area contributed by atoms with Gasteiger partial charge in [0.25, 0.3) is 0 Å². The molecule has 1 aliphatic heterocycles. The summed E-state index contributed by atoms with van der Waals surface area (Å²) < 4.78 is 11.6. The van der Waals surface area contributed by atoms with E-state index in [9.17, 15) is 0 Å². The molecule has 0 radical (unpaired) electrons.